The Balaban J connectivity index is 2.14. The monoisotopic (exact) mass is 222 g/mol. The Morgan fingerprint density at radius 3 is 2.93 bits per heavy atom. The predicted octanol–water partition coefficient (Wildman–Crippen LogP) is 1.51. The van der Waals surface area contributed by atoms with E-state index in [1.807, 2.05) is 24.3 Å². The lowest BCUT2D eigenvalue weighted by molar-refractivity contribution is 0.916. The second kappa shape index (κ2) is 4.42. The minimum Gasteiger partial charge on any atom is -0.324 e. The molecule has 0 aliphatic heterocycles. The average Bonchev–Trinajstić information content (AvgIpc) is 2.65. The van der Waals surface area contributed by atoms with Crippen LogP contribution in [0, 0.1) is 0 Å². The summed E-state index contributed by atoms with van der Waals surface area (Å²) in [5.41, 5.74) is 6.51. The van der Waals surface area contributed by atoms with Gasteiger partial charge in [-0.2, -0.15) is 5.10 Å². The fraction of sp³-hybridized carbons (Fsp3) is 0.200. The number of nitrogens with two attached hydrogens (primary N) is 1. The lowest BCUT2D eigenvalue weighted by atomic mass is 10.1. The van der Waals surface area contributed by atoms with Crippen LogP contribution in [0.5, 0.6) is 0 Å². The molecule has 0 saturated carbocycles. The molecule has 0 radical (unpaired) electrons. The van der Waals surface area contributed by atoms with E-state index in [-0.39, 0.29) is 0 Å². The number of rotatable bonds is 3. The third-order valence-corrected chi connectivity index (χ3v) is 2.26. The molecule has 2 rings (SSSR count). The minimum atomic E-state index is 0.353. The molecule has 0 saturated heterocycles. The molecule has 0 aliphatic carbocycles. The maximum absolute atomic E-state index is 5.88. The number of hydrogen-bond acceptors (Lipinski definition) is 3. The molecule has 0 amide bonds. The van der Waals surface area contributed by atoms with Crippen molar-refractivity contribution in [1.82, 2.24) is 15.2 Å². The Bertz CT molecular complexity index is 452. The van der Waals surface area contributed by atoms with Crippen LogP contribution in [0.15, 0.2) is 24.3 Å². The van der Waals surface area contributed by atoms with E-state index in [0.29, 0.717) is 18.8 Å². The van der Waals surface area contributed by atoms with Gasteiger partial charge in [-0.25, -0.2) is 4.98 Å². The molecule has 2 aromatic rings. The highest BCUT2D eigenvalue weighted by molar-refractivity contribution is 6.30. The van der Waals surface area contributed by atoms with E-state index in [1.54, 1.807) is 0 Å². The van der Waals surface area contributed by atoms with Crippen LogP contribution in [0.1, 0.15) is 17.2 Å². The normalized spacial score (nSPS) is 10.5. The van der Waals surface area contributed by atoms with Crippen LogP contribution in [0.4, 0.5) is 0 Å². The molecule has 0 aliphatic rings. The number of H-pyrrole nitrogens is 1. The van der Waals surface area contributed by atoms with Gasteiger partial charge in [-0.05, 0) is 17.7 Å². The molecule has 4 nitrogen and oxygen atoms in total. The van der Waals surface area contributed by atoms with Crippen molar-refractivity contribution in [2.24, 2.45) is 5.73 Å². The SMILES string of the molecule is NCc1n[nH]c(Cc2cccc(Cl)c2)n1. The first-order chi connectivity index (χ1) is 7.28. The summed E-state index contributed by atoms with van der Waals surface area (Å²) < 4.78 is 0. The Morgan fingerprint density at radius 2 is 2.27 bits per heavy atom. The largest absolute Gasteiger partial charge is 0.324 e. The molecule has 1 heterocycles. The molecule has 15 heavy (non-hydrogen) atoms. The zero-order valence-corrected chi connectivity index (χ0v) is 8.83. The highest BCUT2D eigenvalue weighted by atomic mass is 35.5. The maximum atomic E-state index is 5.88. The first-order valence-electron chi connectivity index (χ1n) is 4.62. The Morgan fingerprint density at radius 1 is 1.40 bits per heavy atom. The fourth-order valence-electron chi connectivity index (χ4n) is 1.35. The second-order valence-corrected chi connectivity index (χ2v) is 3.65. The molecule has 5 heteroatoms. The smallest absolute Gasteiger partial charge is 0.164 e. The Labute approximate surface area is 92.5 Å². The molecule has 0 fully saturated rings. The maximum Gasteiger partial charge on any atom is 0.164 e. The van der Waals surface area contributed by atoms with E-state index in [9.17, 15) is 0 Å². The summed E-state index contributed by atoms with van der Waals surface area (Å²) in [6.45, 7) is 0.353. The van der Waals surface area contributed by atoms with Gasteiger partial charge in [0.05, 0.1) is 6.54 Å². The van der Waals surface area contributed by atoms with Crippen LogP contribution < -0.4 is 5.73 Å². The van der Waals surface area contributed by atoms with Gasteiger partial charge in [0.25, 0.3) is 0 Å². The van der Waals surface area contributed by atoms with Crippen molar-refractivity contribution in [3.05, 3.63) is 46.5 Å². The highest BCUT2D eigenvalue weighted by Crippen LogP contribution is 2.12. The number of hydrogen-bond donors (Lipinski definition) is 2. The first-order valence-corrected chi connectivity index (χ1v) is 5.00. The number of nitrogens with one attached hydrogen (secondary N) is 1. The highest BCUT2D eigenvalue weighted by Gasteiger charge is 2.02. The quantitative estimate of drug-likeness (QED) is 0.827. The van der Waals surface area contributed by atoms with Crippen molar-refractivity contribution < 1.29 is 0 Å². The summed E-state index contributed by atoms with van der Waals surface area (Å²) >= 11 is 5.88. The fourth-order valence-corrected chi connectivity index (χ4v) is 1.56. The number of halogens is 1. The zero-order chi connectivity index (χ0) is 10.7. The molecular formula is C10H11ClN4. The van der Waals surface area contributed by atoms with Gasteiger partial charge in [-0.3, -0.25) is 5.10 Å². The standard InChI is InChI=1S/C10H11ClN4/c11-8-3-1-2-7(4-8)5-9-13-10(6-12)15-14-9/h1-4H,5-6,12H2,(H,13,14,15). The topological polar surface area (TPSA) is 67.6 Å². The van der Waals surface area contributed by atoms with Crippen LogP contribution in [-0.2, 0) is 13.0 Å². The lowest BCUT2D eigenvalue weighted by Gasteiger charge is -1.97. The summed E-state index contributed by atoms with van der Waals surface area (Å²) in [5, 5.41) is 7.53. The molecule has 0 unspecified atom stereocenters. The van der Waals surface area contributed by atoms with E-state index in [4.69, 9.17) is 17.3 Å². The summed E-state index contributed by atoms with van der Waals surface area (Å²) in [5.74, 6) is 1.43. The van der Waals surface area contributed by atoms with Crippen LogP contribution >= 0.6 is 11.6 Å². The zero-order valence-electron chi connectivity index (χ0n) is 8.07. The molecule has 3 N–H and O–H groups in total. The Kier molecular flexibility index (Phi) is 2.99. The molecule has 78 valence electrons. The van der Waals surface area contributed by atoms with Gasteiger partial charge < -0.3 is 5.73 Å². The Hall–Kier alpha value is -1.39. The van der Waals surface area contributed by atoms with E-state index in [0.717, 1.165) is 16.4 Å². The number of nitrogens with zero attached hydrogens (tertiary/aromatic N) is 2. The number of benzene rings is 1. The van der Waals surface area contributed by atoms with Crippen LogP contribution in [0.25, 0.3) is 0 Å². The van der Waals surface area contributed by atoms with Crippen LogP contribution in [0.3, 0.4) is 0 Å². The third-order valence-electron chi connectivity index (χ3n) is 2.02. The van der Waals surface area contributed by atoms with Gasteiger partial charge in [0.1, 0.15) is 5.82 Å². The predicted molar refractivity (Wildman–Crippen MR) is 58.5 cm³/mol. The van der Waals surface area contributed by atoms with Gasteiger partial charge in [0, 0.05) is 11.4 Å². The third kappa shape index (κ3) is 2.55. The molecule has 0 atom stereocenters. The molecule has 0 bridgehead atoms. The van der Waals surface area contributed by atoms with Gasteiger partial charge in [-0.1, -0.05) is 23.7 Å². The van der Waals surface area contributed by atoms with E-state index in [2.05, 4.69) is 15.2 Å². The summed E-state index contributed by atoms with van der Waals surface area (Å²) in [7, 11) is 0. The first kappa shape index (κ1) is 10.1. The van der Waals surface area contributed by atoms with E-state index in [1.165, 1.54) is 0 Å². The van der Waals surface area contributed by atoms with E-state index < -0.39 is 0 Å². The van der Waals surface area contributed by atoms with E-state index >= 15 is 0 Å². The minimum absolute atomic E-state index is 0.353. The van der Waals surface area contributed by atoms with Crippen molar-refractivity contribution in [2.75, 3.05) is 0 Å². The van der Waals surface area contributed by atoms with Crippen LogP contribution in [-0.4, -0.2) is 15.2 Å². The number of aromatic amines is 1. The van der Waals surface area contributed by atoms with Crippen LogP contribution in [0.2, 0.25) is 5.02 Å². The average molecular weight is 223 g/mol. The summed E-state index contributed by atoms with van der Waals surface area (Å²) in [6.07, 6.45) is 0.688. The lowest BCUT2D eigenvalue weighted by Crippen LogP contribution is -1.98. The van der Waals surface area contributed by atoms with Gasteiger partial charge >= 0.3 is 0 Å². The van der Waals surface area contributed by atoms with Crippen molar-refractivity contribution in [1.29, 1.82) is 0 Å². The van der Waals surface area contributed by atoms with Gasteiger partial charge in [-0.15, -0.1) is 0 Å². The number of aromatic nitrogens is 3. The molecule has 1 aromatic heterocycles. The molecule has 1 aromatic carbocycles. The van der Waals surface area contributed by atoms with Crippen molar-refractivity contribution in [3.8, 4) is 0 Å². The van der Waals surface area contributed by atoms with Crippen molar-refractivity contribution >= 4 is 11.6 Å². The van der Waals surface area contributed by atoms with Gasteiger partial charge in [0.15, 0.2) is 5.82 Å². The summed E-state index contributed by atoms with van der Waals surface area (Å²) in [4.78, 5) is 4.22. The van der Waals surface area contributed by atoms with Crippen molar-refractivity contribution in [3.63, 3.8) is 0 Å². The van der Waals surface area contributed by atoms with Crippen molar-refractivity contribution in [2.45, 2.75) is 13.0 Å². The second-order valence-electron chi connectivity index (χ2n) is 3.21. The van der Waals surface area contributed by atoms with Gasteiger partial charge in [0.2, 0.25) is 0 Å². The molecular weight excluding hydrogens is 212 g/mol. The molecule has 0 spiro atoms. The summed E-state index contributed by atoms with van der Waals surface area (Å²) in [6, 6.07) is 7.66.